The zero-order valence-electron chi connectivity index (χ0n) is 17.6. The lowest BCUT2D eigenvalue weighted by Gasteiger charge is -2.34. The van der Waals surface area contributed by atoms with E-state index in [-0.39, 0.29) is 0 Å². The van der Waals surface area contributed by atoms with Gasteiger partial charge in [-0.15, -0.1) is 0 Å². The Hall–Kier alpha value is -2.38. The van der Waals surface area contributed by atoms with Gasteiger partial charge in [0.1, 0.15) is 12.4 Å². The molecule has 7 heteroatoms. The second-order valence-corrected chi connectivity index (χ2v) is 7.18. The molecule has 1 aromatic carbocycles. The molecule has 29 heavy (non-hydrogen) atoms. The quantitative estimate of drug-likeness (QED) is 0.385. The van der Waals surface area contributed by atoms with Gasteiger partial charge in [0.2, 0.25) is 0 Å². The first-order valence-electron chi connectivity index (χ1n) is 10.5. The summed E-state index contributed by atoms with van der Waals surface area (Å²) in [6, 6.07) is 10.2. The third kappa shape index (κ3) is 6.58. The Morgan fingerprint density at radius 1 is 1.24 bits per heavy atom. The van der Waals surface area contributed by atoms with Crippen LogP contribution in [0, 0.1) is 0 Å². The molecule has 0 saturated carbocycles. The van der Waals surface area contributed by atoms with Gasteiger partial charge in [0.25, 0.3) is 0 Å². The highest BCUT2D eigenvalue weighted by molar-refractivity contribution is 5.80. The zero-order valence-corrected chi connectivity index (χ0v) is 17.6. The van der Waals surface area contributed by atoms with Crippen molar-refractivity contribution in [2.75, 3.05) is 40.0 Å². The molecule has 7 nitrogen and oxygen atoms in total. The third-order valence-electron chi connectivity index (χ3n) is 5.01. The molecule has 1 saturated heterocycles. The number of hydrogen-bond acceptors (Lipinski definition) is 4. The molecule has 0 radical (unpaired) electrons. The predicted molar refractivity (Wildman–Crippen MR) is 116 cm³/mol. The fourth-order valence-corrected chi connectivity index (χ4v) is 3.47. The number of nitrogens with one attached hydrogen (secondary N) is 2. The lowest BCUT2D eigenvalue weighted by molar-refractivity contribution is 0.00990. The van der Waals surface area contributed by atoms with E-state index in [1.165, 1.54) is 0 Å². The number of H-pyrrole nitrogens is 1. The number of guanidine groups is 1. The number of ether oxygens (including phenoxy) is 2. The minimum absolute atomic E-state index is 0.337. The van der Waals surface area contributed by atoms with Gasteiger partial charge in [-0.3, -0.25) is 0 Å². The average Bonchev–Trinajstić information content (AvgIpc) is 3.24. The predicted octanol–water partition coefficient (Wildman–Crippen LogP) is 3.06. The maximum absolute atomic E-state index is 5.97. The van der Waals surface area contributed by atoms with Crippen LogP contribution >= 0.6 is 0 Å². The molecule has 1 aliphatic rings. The highest BCUT2D eigenvalue weighted by Gasteiger charge is 2.21. The van der Waals surface area contributed by atoms with E-state index in [4.69, 9.17) is 14.5 Å². The summed E-state index contributed by atoms with van der Waals surface area (Å²) in [6.07, 6.45) is 5.21. The molecule has 0 atom stereocenters. The van der Waals surface area contributed by atoms with Crippen molar-refractivity contribution in [1.82, 2.24) is 20.2 Å². The van der Waals surface area contributed by atoms with Crippen LogP contribution < -0.4 is 5.32 Å². The minimum atomic E-state index is 0.337. The van der Waals surface area contributed by atoms with Gasteiger partial charge >= 0.3 is 0 Å². The summed E-state index contributed by atoms with van der Waals surface area (Å²) in [4.78, 5) is 15.0. The van der Waals surface area contributed by atoms with Gasteiger partial charge in [0.05, 0.1) is 18.0 Å². The molecule has 0 bridgehead atoms. The summed E-state index contributed by atoms with van der Waals surface area (Å²) in [5.41, 5.74) is 2.15. The largest absolute Gasteiger partial charge is 0.385 e. The van der Waals surface area contributed by atoms with Gasteiger partial charge in [-0.25, -0.2) is 9.98 Å². The van der Waals surface area contributed by atoms with Crippen LogP contribution in [-0.2, 0) is 16.0 Å². The maximum Gasteiger partial charge on any atom is 0.194 e. The third-order valence-corrected chi connectivity index (χ3v) is 5.01. The fraction of sp³-hybridized carbons (Fsp3) is 0.545. The molecule has 0 amide bonds. The summed E-state index contributed by atoms with van der Waals surface area (Å²) >= 11 is 0. The van der Waals surface area contributed by atoms with Gasteiger partial charge in [-0.1, -0.05) is 30.3 Å². The smallest absolute Gasteiger partial charge is 0.194 e. The normalized spacial score (nSPS) is 15.7. The van der Waals surface area contributed by atoms with Crippen LogP contribution in [0.15, 0.2) is 41.5 Å². The highest BCUT2D eigenvalue weighted by atomic mass is 16.5. The Kier molecular flexibility index (Phi) is 8.52. The number of benzene rings is 1. The van der Waals surface area contributed by atoms with Gasteiger partial charge in [0.15, 0.2) is 5.96 Å². The molecule has 1 fully saturated rings. The Bertz CT molecular complexity index is 739. The number of piperidine rings is 1. The number of rotatable bonds is 9. The first-order chi connectivity index (χ1) is 14.3. The van der Waals surface area contributed by atoms with Crippen molar-refractivity contribution < 1.29 is 9.47 Å². The van der Waals surface area contributed by atoms with E-state index in [0.29, 0.717) is 12.6 Å². The monoisotopic (exact) mass is 399 g/mol. The highest BCUT2D eigenvalue weighted by Crippen LogP contribution is 2.17. The standard InChI is InChI=1S/C22H33N5O2/c1-3-23-22(27-12-10-19(11-13-27)29-15-7-14-28-2)25-17-21-24-16-20(26-21)18-8-5-4-6-9-18/h4-6,8-9,16,19H,3,7,10-15,17H2,1-2H3,(H,23,25)(H,24,26). The van der Waals surface area contributed by atoms with Crippen molar-refractivity contribution >= 4 is 5.96 Å². The van der Waals surface area contributed by atoms with E-state index in [2.05, 4.69) is 39.2 Å². The number of aromatic nitrogens is 2. The van der Waals surface area contributed by atoms with Crippen molar-refractivity contribution in [2.24, 2.45) is 4.99 Å². The van der Waals surface area contributed by atoms with Crippen molar-refractivity contribution in [3.63, 3.8) is 0 Å². The van der Waals surface area contributed by atoms with Crippen molar-refractivity contribution in [1.29, 1.82) is 0 Å². The second kappa shape index (κ2) is 11.6. The summed E-state index contributed by atoms with van der Waals surface area (Å²) < 4.78 is 11.0. The van der Waals surface area contributed by atoms with E-state index < -0.39 is 0 Å². The molecule has 158 valence electrons. The van der Waals surface area contributed by atoms with E-state index in [0.717, 1.165) is 75.2 Å². The number of imidazole rings is 1. The van der Waals surface area contributed by atoms with Crippen molar-refractivity contribution in [3.8, 4) is 11.3 Å². The number of likely N-dealkylation sites (tertiary alicyclic amines) is 1. The van der Waals surface area contributed by atoms with Gasteiger partial charge in [-0.2, -0.15) is 0 Å². The van der Waals surface area contributed by atoms with Crippen LogP contribution in [-0.4, -0.2) is 66.9 Å². The molecular weight excluding hydrogens is 366 g/mol. The molecule has 0 spiro atoms. The lowest BCUT2D eigenvalue weighted by atomic mass is 10.1. The van der Waals surface area contributed by atoms with Crippen LogP contribution in [0.25, 0.3) is 11.3 Å². The van der Waals surface area contributed by atoms with E-state index in [9.17, 15) is 0 Å². The van der Waals surface area contributed by atoms with Gasteiger partial charge < -0.3 is 24.7 Å². The number of aromatic amines is 1. The average molecular weight is 400 g/mol. The molecule has 0 aliphatic carbocycles. The lowest BCUT2D eigenvalue weighted by Crippen LogP contribution is -2.47. The Morgan fingerprint density at radius 2 is 2.03 bits per heavy atom. The summed E-state index contributed by atoms with van der Waals surface area (Å²) in [6.45, 7) is 6.91. The van der Waals surface area contributed by atoms with Crippen LogP contribution in [0.1, 0.15) is 32.0 Å². The number of nitrogens with zero attached hydrogens (tertiary/aromatic N) is 3. The first kappa shape index (κ1) is 21.3. The Balaban J connectivity index is 1.52. The minimum Gasteiger partial charge on any atom is -0.385 e. The summed E-state index contributed by atoms with van der Waals surface area (Å²) in [5.74, 6) is 1.82. The van der Waals surface area contributed by atoms with Crippen LogP contribution in [0.3, 0.4) is 0 Å². The second-order valence-electron chi connectivity index (χ2n) is 7.18. The van der Waals surface area contributed by atoms with Gasteiger partial charge in [0, 0.05) is 40.0 Å². The molecule has 2 heterocycles. The Morgan fingerprint density at radius 3 is 2.76 bits per heavy atom. The van der Waals surface area contributed by atoms with Crippen LogP contribution in [0.4, 0.5) is 0 Å². The van der Waals surface area contributed by atoms with Crippen LogP contribution in [0.2, 0.25) is 0 Å². The summed E-state index contributed by atoms with van der Waals surface area (Å²) in [5, 5.41) is 3.41. The molecule has 0 unspecified atom stereocenters. The zero-order chi connectivity index (χ0) is 20.3. The molecule has 3 rings (SSSR count). The SMILES string of the molecule is CCNC(=NCc1ncc(-c2ccccc2)[nH]1)N1CCC(OCCCOC)CC1. The number of methoxy groups -OCH3 is 1. The number of hydrogen-bond donors (Lipinski definition) is 2. The van der Waals surface area contributed by atoms with E-state index in [1.54, 1.807) is 7.11 Å². The van der Waals surface area contributed by atoms with Crippen molar-refractivity contribution in [2.45, 2.75) is 38.8 Å². The topological polar surface area (TPSA) is 74.8 Å². The molecular formula is C22H33N5O2. The van der Waals surface area contributed by atoms with Crippen molar-refractivity contribution in [3.05, 3.63) is 42.4 Å². The van der Waals surface area contributed by atoms with E-state index in [1.807, 2.05) is 24.4 Å². The molecule has 2 aromatic rings. The van der Waals surface area contributed by atoms with Crippen LogP contribution in [0.5, 0.6) is 0 Å². The first-order valence-corrected chi connectivity index (χ1v) is 10.5. The molecule has 1 aromatic heterocycles. The molecule has 2 N–H and O–H groups in total. The summed E-state index contributed by atoms with van der Waals surface area (Å²) in [7, 11) is 1.73. The van der Waals surface area contributed by atoms with E-state index >= 15 is 0 Å². The fourth-order valence-electron chi connectivity index (χ4n) is 3.47. The Labute approximate surface area is 173 Å². The van der Waals surface area contributed by atoms with Gasteiger partial charge in [-0.05, 0) is 31.7 Å². The molecule has 1 aliphatic heterocycles. The maximum atomic E-state index is 5.97. The number of aliphatic imine (C=N–C) groups is 1.